The second-order valence-electron chi connectivity index (χ2n) is 6.68. The minimum absolute atomic E-state index is 0.0223. The summed E-state index contributed by atoms with van der Waals surface area (Å²) in [6.45, 7) is -0.267. The molecule has 2 aromatic rings. The van der Waals surface area contributed by atoms with E-state index in [1.165, 1.54) is 23.9 Å². The number of sulfone groups is 1. The van der Waals surface area contributed by atoms with Crippen LogP contribution in [0.25, 0.3) is 0 Å². The highest BCUT2D eigenvalue weighted by molar-refractivity contribution is 8.16. The van der Waals surface area contributed by atoms with Crippen LogP contribution in [0.5, 0.6) is 5.75 Å². The number of anilines is 1. The molecule has 2 saturated heterocycles. The quantitative estimate of drug-likeness (QED) is 0.706. The van der Waals surface area contributed by atoms with Gasteiger partial charge in [0.15, 0.2) is 21.6 Å². The van der Waals surface area contributed by atoms with E-state index in [-0.39, 0.29) is 29.4 Å². The van der Waals surface area contributed by atoms with Crippen LogP contribution in [0.1, 0.15) is 0 Å². The van der Waals surface area contributed by atoms with Crippen LogP contribution in [-0.4, -0.2) is 48.9 Å². The summed E-state index contributed by atoms with van der Waals surface area (Å²) >= 11 is 7.07. The Balaban J connectivity index is 1.54. The molecule has 10 heteroatoms. The number of rotatable bonds is 4. The van der Waals surface area contributed by atoms with Crippen LogP contribution in [0.15, 0.2) is 53.5 Å². The molecule has 2 unspecified atom stereocenters. The molecule has 2 fully saturated rings. The molecule has 0 aliphatic carbocycles. The number of fused-ring (bicyclic) bond motifs is 1. The topological polar surface area (TPSA) is 76.0 Å². The molecule has 1 amide bonds. The maximum atomic E-state index is 13.3. The third-order valence-corrected chi connectivity index (χ3v) is 8.03. The number of amides is 1. The Kier molecular flexibility index (Phi) is 5.54. The van der Waals surface area contributed by atoms with Crippen LogP contribution in [0, 0.1) is 5.82 Å². The maximum absolute atomic E-state index is 13.3. The third-order valence-electron chi connectivity index (χ3n) is 4.57. The van der Waals surface area contributed by atoms with Gasteiger partial charge in [-0.3, -0.25) is 4.79 Å². The normalized spacial score (nSPS) is 23.9. The van der Waals surface area contributed by atoms with E-state index in [0.29, 0.717) is 21.6 Å². The van der Waals surface area contributed by atoms with E-state index < -0.39 is 21.6 Å². The first-order valence-corrected chi connectivity index (χ1v) is 11.8. The lowest BCUT2D eigenvalue weighted by Crippen LogP contribution is -2.37. The highest BCUT2D eigenvalue weighted by atomic mass is 35.5. The van der Waals surface area contributed by atoms with Crippen LogP contribution >= 0.6 is 23.4 Å². The average molecular weight is 455 g/mol. The summed E-state index contributed by atoms with van der Waals surface area (Å²) < 4.78 is 42.9. The molecule has 2 atom stereocenters. The van der Waals surface area contributed by atoms with E-state index in [1.54, 1.807) is 41.3 Å². The Labute approximate surface area is 176 Å². The number of nitrogens with zero attached hydrogens (tertiary/aromatic N) is 2. The smallest absolute Gasteiger partial charge is 0.285 e. The highest BCUT2D eigenvalue weighted by Gasteiger charge is 2.49. The van der Waals surface area contributed by atoms with Crippen molar-refractivity contribution in [2.45, 2.75) is 11.3 Å². The monoisotopic (exact) mass is 454 g/mol. The van der Waals surface area contributed by atoms with Gasteiger partial charge in [-0.25, -0.2) is 12.8 Å². The molecule has 2 aromatic carbocycles. The fraction of sp³-hybridized carbons (Fsp3) is 0.263. The Hall–Kier alpha value is -2.10. The molecular weight excluding hydrogens is 439 g/mol. The van der Waals surface area contributed by atoms with Crippen molar-refractivity contribution < 1.29 is 22.3 Å². The number of aliphatic imine (C=N–C) groups is 1. The molecule has 6 nitrogen and oxygen atoms in total. The minimum Gasteiger partial charge on any atom is -0.484 e. The first kappa shape index (κ1) is 20.2. The van der Waals surface area contributed by atoms with Crippen molar-refractivity contribution in [1.82, 2.24) is 0 Å². The zero-order chi connectivity index (χ0) is 20.6. The van der Waals surface area contributed by atoms with Crippen molar-refractivity contribution in [2.24, 2.45) is 4.99 Å². The van der Waals surface area contributed by atoms with Gasteiger partial charge in [-0.05, 0) is 48.5 Å². The molecular formula is C19H16ClFN2O4S2. The lowest BCUT2D eigenvalue weighted by atomic mass is 10.2. The van der Waals surface area contributed by atoms with Crippen molar-refractivity contribution in [3.8, 4) is 5.75 Å². The molecule has 0 saturated carbocycles. The summed E-state index contributed by atoms with van der Waals surface area (Å²) in [6, 6.07) is 11.9. The Morgan fingerprint density at radius 1 is 1.17 bits per heavy atom. The second kappa shape index (κ2) is 7.97. The first-order valence-electron chi connectivity index (χ1n) is 8.72. The number of carbonyl (C=O) groups excluding carboxylic acids is 1. The number of amidine groups is 1. The average Bonchev–Trinajstić information content (AvgIpc) is 3.13. The molecule has 29 heavy (non-hydrogen) atoms. The number of hydrogen-bond donors (Lipinski definition) is 0. The lowest BCUT2D eigenvalue weighted by Gasteiger charge is -2.24. The minimum atomic E-state index is -3.17. The number of hydrogen-bond acceptors (Lipinski definition) is 5. The van der Waals surface area contributed by atoms with Crippen molar-refractivity contribution in [3.05, 3.63) is 59.4 Å². The summed E-state index contributed by atoms with van der Waals surface area (Å²) in [4.78, 5) is 18.2. The fourth-order valence-electron chi connectivity index (χ4n) is 3.28. The standard InChI is InChI=1S/C19H16ClFN2O4S2/c20-12-1-7-15(8-2-12)27-9-18(24)22-19-23(14-5-3-13(21)4-6-14)16-10-29(25,26)11-17(16)28-19/h1-8,16-17H,9-11H2. The summed E-state index contributed by atoms with van der Waals surface area (Å²) in [5.41, 5.74) is 0.591. The van der Waals surface area contributed by atoms with Crippen LogP contribution in [-0.2, 0) is 14.6 Å². The molecule has 4 rings (SSSR count). The van der Waals surface area contributed by atoms with Crippen LogP contribution in [0.2, 0.25) is 5.02 Å². The van der Waals surface area contributed by atoms with Crippen molar-refractivity contribution in [1.29, 1.82) is 0 Å². The van der Waals surface area contributed by atoms with Gasteiger partial charge in [0.2, 0.25) is 0 Å². The summed E-state index contributed by atoms with van der Waals surface area (Å²) in [7, 11) is -3.17. The van der Waals surface area contributed by atoms with Crippen molar-refractivity contribution in [2.75, 3.05) is 23.0 Å². The van der Waals surface area contributed by atoms with Crippen LogP contribution in [0.3, 0.4) is 0 Å². The number of ether oxygens (including phenoxy) is 1. The number of thioether (sulfide) groups is 1. The summed E-state index contributed by atoms with van der Waals surface area (Å²) in [5, 5.41) is 0.725. The van der Waals surface area contributed by atoms with Gasteiger partial charge in [-0.1, -0.05) is 23.4 Å². The molecule has 152 valence electrons. The molecule has 0 bridgehead atoms. The predicted molar refractivity (Wildman–Crippen MR) is 112 cm³/mol. The zero-order valence-corrected chi connectivity index (χ0v) is 17.4. The zero-order valence-electron chi connectivity index (χ0n) is 15.0. The van der Waals surface area contributed by atoms with Crippen LogP contribution in [0.4, 0.5) is 10.1 Å². The van der Waals surface area contributed by atoms with Gasteiger partial charge in [-0.2, -0.15) is 4.99 Å². The molecule has 2 aliphatic rings. The van der Waals surface area contributed by atoms with Gasteiger partial charge >= 0.3 is 0 Å². The highest BCUT2D eigenvalue weighted by Crippen LogP contribution is 2.40. The second-order valence-corrected chi connectivity index (χ2v) is 10.5. The van der Waals surface area contributed by atoms with Crippen molar-refractivity contribution >= 4 is 50.0 Å². The van der Waals surface area contributed by atoms with E-state index in [4.69, 9.17) is 16.3 Å². The number of carbonyl (C=O) groups is 1. The Morgan fingerprint density at radius 3 is 2.55 bits per heavy atom. The van der Waals surface area contributed by atoms with E-state index in [0.717, 1.165) is 0 Å². The van der Waals surface area contributed by atoms with Gasteiger partial charge in [0.1, 0.15) is 11.6 Å². The fourth-order valence-corrected chi connectivity index (χ4v) is 7.34. The van der Waals surface area contributed by atoms with E-state index >= 15 is 0 Å². The van der Waals surface area contributed by atoms with Gasteiger partial charge in [0, 0.05) is 16.0 Å². The largest absolute Gasteiger partial charge is 0.484 e. The maximum Gasteiger partial charge on any atom is 0.285 e. The molecule has 0 aromatic heterocycles. The molecule has 2 heterocycles. The predicted octanol–water partition coefficient (Wildman–Crippen LogP) is 3.16. The lowest BCUT2D eigenvalue weighted by molar-refractivity contribution is -0.119. The van der Waals surface area contributed by atoms with E-state index in [2.05, 4.69) is 4.99 Å². The SMILES string of the molecule is O=C(COc1ccc(Cl)cc1)N=C1SC2CS(=O)(=O)CC2N1c1ccc(F)cc1. The van der Waals surface area contributed by atoms with Crippen molar-refractivity contribution in [3.63, 3.8) is 0 Å². The molecule has 2 aliphatic heterocycles. The first-order chi connectivity index (χ1) is 13.8. The number of benzene rings is 2. The molecule has 0 N–H and O–H groups in total. The summed E-state index contributed by atoms with van der Waals surface area (Å²) in [6.07, 6.45) is 0. The number of halogens is 2. The van der Waals surface area contributed by atoms with E-state index in [9.17, 15) is 17.6 Å². The van der Waals surface area contributed by atoms with Gasteiger partial charge in [0.25, 0.3) is 5.91 Å². The molecule has 0 radical (unpaired) electrons. The van der Waals surface area contributed by atoms with Gasteiger partial charge in [0.05, 0.1) is 17.5 Å². The van der Waals surface area contributed by atoms with Gasteiger partial charge in [-0.15, -0.1) is 0 Å². The molecule has 0 spiro atoms. The van der Waals surface area contributed by atoms with E-state index in [1.807, 2.05) is 0 Å². The van der Waals surface area contributed by atoms with Gasteiger partial charge < -0.3 is 9.64 Å². The van der Waals surface area contributed by atoms with Crippen LogP contribution < -0.4 is 9.64 Å². The summed E-state index contributed by atoms with van der Waals surface area (Å²) in [5.74, 6) is -0.426. The third kappa shape index (κ3) is 4.57. The Morgan fingerprint density at radius 2 is 1.86 bits per heavy atom. The Bertz CT molecular complexity index is 1060.